The average Bonchev–Trinajstić information content (AvgIpc) is 2.82. The number of aryl methyl sites for hydroxylation is 1. The molecule has 5 heteroatoms. The van der Waals surface area contributed by atoms with Crippen LogP contribution in [0.2, 0.25) is 0 Å². The third-order valence-electron chi connectivity index (χ3n) is 2.68. The van der Waals surface area contributed by atoms with Gasteiger partial charge in [0.05, 0.1) is 18.8 Å². The highest BCUT2D eigenvalue weighted by Gasteiger charge is 2.06. The van der Waals surface area contributed by atoms with E-state index in [1.54, 1.807) is 11.3 Å². The van der Waals surface area contributed by atoms with Crippen LogP contribution in [0.15, 0.2) is 24.3 Å². The number of rotatable bonds is 6. The maximum atomic E-state index is 5.87. The molecule has 0 fully saturated rings. The molecule has 108 valence electrons. The zero-order valence-corrected chi connectivity index (χ0v) is 13.0. The molecular weight excluding hydrogens is 270 g/mol. The third-order valence-corrected chi connectivity index (χ3v) is 3.68. The summed E-state index contributed by atoms with van der Waals surface area (Å²) in [5.41, 5.74) is 6.45. The summed E-state index contributed by atoms with van der Waals surface area (Å²) in [6.45, 7) is 7.67. The molecule has 20 heavy (non-hydrogen) atoms. The van der Waals surface area contributed by atoms with Gasteiger partial charge in [-0.15, -0.1) is 11.3 Å². The summed E-state index contributed by atoms with van der Waals surface area (Å²) in [4.78, 5) is 7.01. The second-order valence-electron chi connectivity index (χ2n) is 5.16. The Morgan fingerprint density at radius 3 is 2.75 bits per heavy atom. The first kappa shape index (κ1) is 14.7. The Kier molecular flexibility index (Phi) is 4.84. The molecule has 2 rings (SSSR count). The number of pyridine rings is 1. The van der Waals surface area contributed by atoms with Crippen molar-refractivity contribution in [3.63, 3.8) is 0 Å². The summed E-state index contributed by atoms with van der Waals surface area (Å²) in [5.74, 6) is 1.73. The minimum absolute atomic E-state index is 0.446. The van der Waals surface area contributed by atoms with Crippen molar-refractivity contribution in [2.45, 2.75) is 27.3 Å². The standard InChI is InChI=1S/C15H21N3OS/c1-10(2)9-19-15-13(16)6-7-14(18-15)17-8-12-5-4-11(3)20-12/h4-7,10H,8-9,16H2,1-3H3,(H,17,18). The highest BCUT2D eigenvalue weighted by Crippen LogP contribution is 2.22. The fourth-order valence-electron chi connectivity index (χ4n) is 1.67. The summed E-state index contributed by atoms with van der Waals surface area (Å²) in [5, 5.41) is 3.29. The summed E-state index contributed by atoms with van der Waals surface area (Å²) in [7, 11) is 0. The van der Waals surface area contributed by atoms with Gasteiger partial charge in [-0.3, -0.25) is 0 Å². The molecule has 4 nitrogen and oxygen atoms in total. The van der Waals surface area contributed by atoms with Crippen molar-refractivity contribution >= 4 is 22.8 Å². The Hall–Kier alpha value is -1.75. The molecule has 0 aliphatic carbocycles. The lowest BCUT2D eigenvalue weighted by Crippen LogP contribution is -2.09. The Morgan fingerprint density at radius 2 is 2.10 bits per heavy atom. The second-order valence-corrected chi connectivity index (χ2v) is 6.53. The fourth-order valence-corrected chi connectivity index (χ4v) is 2.50. The Bertz CT molecular complexity index is 566. The topological polar surface area (TPSA) is 60.2 Å². The second kappa shape index (κ2) is 6.61. The van der Waals surface area contributed by atoms with Crippen LogP contribution in [-0.2, 0) is 6.54 Å². The van der Waals surface area contributed by atoms with Crippen LogP contribution in [0.25, 0.3) is 0 Å². The maximum absolute atomic E-state index is 5.87. The minimum atomic E-state index is 0.446. The predicted octanol–water partition coefficient (Wildman–Crippen LogP) is 3.68. The van der Waals surface area contributed by atoms with E-state index in [1.807, 2.05) is 12.1 Å². The largest absolute Gasteiger partial charge is 0.476 e. The molecule has 0 atom stereocenters. The van der Waals surface area contributed by atoms with Crippen molar-refractivity contribution in [2.75, 3.05) is 17.7 Å². The number of nitrogens with two attached hydrogens (primary N) is 1. The Labute approximate surface area is 124 Å². The van der Waals surface area contributed by atoms with E-state index in [4.69, 9.17) is 10.5 Å². The van der Waals surface area contributed by atoms with Gasteiger partial charge in [-0.25, -0.2) is 0 Å². The van der Waals surface area contributed by atoms with Crippen LogP contribution in [0.1, 0.15) is 23.6 Å². The van der Waals surface area contributed by atoms with Crippen molar-refractivity contribution in [3.8, 4) is 5.88 Å². The first-order valence-electron chi connectivity index (χ1n) is 6.73. The van der Waals surface area contributed by atoms with Crippen LogP contribution in [0.5, 0.6) is 5.88 Å². The Balaban J connectivity index is 1.99. The van der Waals surface area contributed by atoms with Crippen LogP contribution in [0.4, 0.5) is 11.5 Å². The van der Waals surface area contributed by atoms with Gasteiger partial charge in [0.2, 0.25) is 5.88 Å². The summed E-state index contributed by atoms with van der Waals surface area (Å²) < 4.78 is 5.62. The fraction of sp³-hybridized carbons (Fsp3) is 0.400. The highest BCUT2D eigenvalue weighted by atomic mass is 32.1. The van der Waals surface area contributed by atoms with E-state index < -0.39 is 0 Å². The summed E-state index contributed by atoms with van der Waals surface area (Å²) >= 11 is 1.78. The normalized spacial score (nSPS) is 10.8. The molecule has 0 aromatic carbocycles. The van der Waals surface area contributed by atoms with Crippen molar-refractivity contribution in [1.82, 2.24) is 4.98 Å². The molecule has 0 aliphatic heterocycles. The van der Waals surface area contributed by atoms with E-state index in [-0.39, 0.29) is 0 Å². The SMILES string of the molecule is Cc1ccc(CNc2ccc(N)c(OCC(C)C)n2)s1. The highest BCUT2D eigenvalue weighted by molar-refractivity contribution is 7.11. The van der Waals surface area contributed by atoms with Gasteiger partial charge in [-0.05, 0) is 37.1 Å². The smallest absolute Gasteiger partial charge is 0.239 e. The number of nitrogens with zero attached hydrogens (tertiary/aromatic N) is 1. The van der Waals surface area contributed by atoms with Gasteiger partial charge in [-0.2, -0.15) is 4.98 Å². The first-order chi connectivity index (χ1) is 9.54. The lowest BCUT2D eigenvalue weighted by Gasteiger charge is -2.12. The molecule has 0 amide bonds. The van der Waals surface area contributed by atoms with Crippen molar-refractivity contribution in [1.29, 1.82) is 0 Å². The van der Waals surface area contributed by atoms with E-state index >= 15 is 0 Å². The van der Waals surface area contributed by atoms with Crippen LogP contribution in [-0.4, -0.2) is 11.6 Å². The summed E-state index contributed by atoms with van der Waals surface area (Å²) in [6.07, 6.45) is 0. The molecule has 2 aromatic heterocycles. The quantitative estimate of drug-likeness (QED) is 0.852. The first-order valence-corrected chi connectivity index (χ1v) is 7.54. The molecule has 0 radical (unpaired) electrons. The monoisotopic (exact) mass is 291 g/mol. The van der Waals surface area contributed by atoms with E-state index in [0.717, 1.165) is 12.4 Å². The van der Waals surface area contributed by atoms with Crippen LogP contribution in [0, 0.1) is 12.8 Å². The number of aromatic nitrogens is 1. The number of ether oxygens (including phenoxy) is 1. The van der Waals surface area contributed by atoms with Crippen LogP contribution in [0.3, 0.4) is 0 Å². The number of hydrogen-bond donors (Lipinski definition) is 2. The third kappa shape index (κ3) is 4.13. The van der Waals surface area contributed by atoms with Gasteiger partial charge >= 0.3 is 0 Å². The van der Waals surface area contributed by atoms with Gasteiger partial charge in [0, 0.05) is 9.75 Å². The number of nitrogens with one attached hydrogen (secondary N) is 1. The van der Waals surface area contributed by atoms with Gasteiger partial charge in [0.1, 0.15) is 5.82 Å². The van der Waals surface area contributed by atoms with E-state index in [0.29, 0.717) is 24.1 Å². The zero-order chi connectivity index (χ0) is 14.5. The van der Waals surface area contributed by atoms with Gasteiger partial charge in [-0.1, -0.05) is 13.8 Å². The number of nitrogen functional groups attached to an aromatic ring is 1. The van der Waals surface area contributed by atoms with E-state index in [1.165, 1.54) is 9.75 Å². The number of hydrogen-bond acceptors (Lipinski definition) is 5. The molecule has 2 heterocycles. The molecular formula is C15H21N3OS. The van der Waals surface area contributed by atoms with Crippen LogP contribution >= 0.6 is 11.3 Å². The number of thiophene rings is 1. The molecule has 0 unspecified atom stereocenters. The van der Waals surface area contributed by atoms with Crippen molar-refractivity contribution in [2.24, 2.45) is 5.92 Å². The van der Waals surface area contributed by atoms with Crippen molar-refractivity contribution in [3.05, 3.63) is 34.0 Å². The molecule has 2 aromatic rings. The average molecular weight is 291 g/mol. The number of anilines is 2. The lowest BCUT2D eigenvalue weighted by atomic mass is 10.2. The summed E-state index contributed by atoms with van der Waals surface area (Å²) in [6, 6.07) is 7.94. The van der Waals surface area contributed by atoms with E-state index in [9.17, 15) is 0 Å². The molecule has 0 aliphatic rings. The van der Waals surface area contributed by atoms with Gasteiger partial charge in [0.25, 0.3) is 0 Å². The van der Waals surface area contributed by atoms with E-state index in [2.05, 4.69) is 43.2 Å². The molecule has 0 saturated carbocycles. The minimum Gasteiger partial charge on any atom is -0.476 e. The molecule has 0 spiro atoms. The Morgan fingerprint density at radius 1 is 1.30 bits per heavy atom. The molecule has 3 N–H and O–H groups in total. The molecule has 0 saturated heterocycles. The van der Waals surface area contributed by atoms with Gasteiger partial charge < -0.3 is 15.8 Å². The van der Waals surface area contributed by atoms with Crippen LogP contribution < -0.4 is 15.8 Å². The lowest BCUT2D eigenvalue weighted by molar-refractivity contribution is 0.263. The van der Waals surface area contributed by atoms with Crippen molar-refractivity contribution < 1.29 is 4.74 Å². The molecule has 0 bridgehead atoms. The predicted molar refractivity (Wildman–Crippen MR) is 85.4 cm³/mol. The van der Waals surface area contributed by atoms with Gasteiger partial charge in [0.15, 0.2) is 0 Å². The zero-order valence-electron chi connectivity index (χ0n) is 12.1. The maximum Gasteiger partial charge on any atom is 0.239 e.